The zero-order chi connectivity index (χ0) is 20.4. The number of nitrogens with zero attached hydrogens (tertiary/aromatic N) is 2. The van der Waals surface area contributed by atoms with Crippen molar-refractivity contribution < 1.29 is 17.6 Å². The molecule has 0 amide bonds. The van der Waals surface area contributed by atoms with Gasteiger partial charge in [0.15, 0.2) is 10.9 Å². The number of hydrogen-bond acceptors (Lipinski definition) is 5. The number of Topliss-reactive ketones (excluding diaryl/α,β-unsaturated/α-hetero) is 1. The van der Waals surface area contributed by atoms with Gasteiger partial charge in [-0.2, -0.15) is 0 Å². The first-order chi connectivity index (χ1) is 14.0. The first kappa shape index (κ1) is 19.4. The molecule has 0 spiro atoms. The van der Waals surface area contributed by atoms with Gasteiger partial charge >= 0.3 is 0 Å². The van der Waals surface area contributed by atoms with Crippen LogP contribution in [0.4, 0.5) is 4.39 Å². The van der Waals surface area contributed by atoms with Gasteiger partial charge in [-0.25, -0.2) is 21.8 Å². The topological polar surface area (TPSA) is 69.0 Å². The van der Waals surface area contributed by atoms with Gasteiger partial charge in [0.05, 0.1) is 21.7 Å². The second-order valence-electron chi connectivity index (χ2n) is 6.18. The van der Waals surface area contributed by atoms with Crippen molar-refractivity contribution >= 4 is 38.6 Å². The normalized spacial score (nSPS) is 11.6. The van der Waals surface area contributed by atoms with Crippen LogP contribution in [-0.2, 0) is 10.0 Å². The summed E-state index contributed by atoms with van der Waals surface area (Å²) in [4.78, 5) is 17.0. The monoisotopic (exact) mass is 426 g/mol. The number of carbonyl (C=O) groups is 1. The SMILES string of the molecule is O=C(CSc1nc2ccccc2n1S(=O)(=O)c1ccccc1)c1ccc(F)cc1. The Hall–Kier alpha value is -2.97. The van der Waals surface area contributed by atoms with E-state index in [9.17, 15) is 17.6 Å². The number of aromatic nitrogens is 2. The van der Waals surface area contributed by atoms with Crippen molar-refractivity contribution in [2.24, 2.45) is 0 Å². The van der Waals surface area contributed by atoms with Crippen LogP contribution in [-0.4, -0.2) is 28.9 Å². The van der Waals surface area contributed by atoms with Gasteiger partial charge in [-0.05, 0) is 48.5 Å². The minimum atomic E-state index is -3.90. The highest BCUT2D eigenvalue weighted by molar-refractivity contribution is 8.00. The Labute approximate surface area is 171 Å². The predicted octanol–water partition coefficient (Wildman–Crippen LogP) is 4.39. The molecule has 1 heterocycles. The standard InChI is InChI=1S/C21H15FN2O3S2/c22-16-12-10-15(11-13-16)20(25)14-28-21-23-18-8-4-5-9-19(18)24(21)29(26,27)17-6-2-1-3-7-17/h1-13H,14H2. The number of para-hydroxylation sites is 2. The third kappa shape index (κ3) is 3.81. The van der Waals surface area contributed by atoms with Crippen LogP contribution >= 0.6 is 11.8 Å². The number of benzene rings is 3. The molecule has 8 heteroatoms. The van der Waals surface area contributed by atoms with Gasteiger partial charge in [0.25, 0.3) is 10.0 Å². The van der Waals surface area contributed by atoms with E-state index < -0.39 is 15.8 Å². The summed E-state index contributed by atoms with van der Waals surface area (Å²) in [5, 5.41) is 0.200. The number of imidazole rings is 1. The van der Waals surface area contributed by atoms with E-state index in [-0.39, 0.29) is 21.6 Å². The van der Waals surface area contributed by atoms with E-state index in [1.807, 2.05) is 0 Å². The molecule has 0 fully saturated rings. The van der Waals surface area contributed by atoms with Crippen molar-refractivity contribution in [1.82, 2.24) is 8.96 Å². The van der Waals surface area contributed by atoms with E-state index in [0.29, 0.717) is 16.6 Å². The minimum Gasteiger partial charge on any atom is -0.293 e. The van der Waals surface area contributed by atoms with Gasteiger partial charge in [0.2, 0.25) is 0 Å². The number of thioether (sulfide) groups is 1. The fourth-order valence-electron chi connectivity index (χ4n) is 2.85. The third-order valence-corrected chi connectivity index (χ3v) is 7.04. The van der Waals surface area contributed by atoms with Crippen molar-refractivity contribution in [2.75, 3.05) is 5.75 Å². The average Bonchev–Trinajstić information content (AvgIpc) is 3.12. The third-order valence-electron chi connectivity index (χ3n) is 4.27. The fraction of sp³-hybridized carbons (Fsp3) is 0.0476. The Bertz CT molecular complexity index is 1280. The molecule has 0 aliphatic rings. The molecule has 0 bridgehead atoms. The van der Waals surface area contributed by atoms with E-state index >= 15 is 0 Å². The Morgan fingerprint density at radius 3 is 2.31 bits per heavy atom. The van der Waals surface area contributed by atoms with Crippen LogP contribution in [0.15, 0.2) is 88.9 Å². The summed E-state index contributed by atoms with van der Waals surface area (Å²) in [6.07, 6.45) is 0. The smallest absolute Gasteiger partial charge is 0.270 e. The molecule has 0 N–H and O–H groups in total. The molecule has 0 aliphatic heterocycles. The first-order valence-electron chi connectivity index (χ1n) is 8.66. The van der Waals surface area contributed by atoms with Gasteiger partial charge in [-0.15, -0.1) is 0 Å². The van der Waals surface area contributed by atoms with Crippen LogP contribution in [0, 0.1) is 5.82 Å². The molecule has 29 heavy (non-hydrogen) atoms. The Balaban J connectivity index is 1.72. The van der Waals surface area contributed by atoms with E-state index in [0.717, 1.165) is 11.8 Å². The molecule has 1 aromatic heterocycles. The van der Waals surface area contributed by atoms with Gasteiger partial charge in [0, 0.05) is 5.56 Å². The van der Waals surface area contributed by atoms with Crippen molar-refractivity contribution in [1.29, 1.82) is 0 Å². The van der Waals surface area contributed by atoms with E-state index in [1.165, 1.54) is 40.4 Å². The highest BCUT2D eigenvalue weighted by Gasteiger charge is 2.25. The van der Waals surface area contributed by atoms with Gasteiger partial charge in [0.1, 0.15) is 5.82 Å². The molecule has 4 rings (SSSR count). The van der Waals surface area contributed by atoms with E-state index in [2.05, 4.69) is 4.98 Å². The average molecular weight is 426 g/mol. The first-order valence-corrected chi connectivity index (χ1v) is 11.1. The summed E-state index contributed by atoms with van der Waals surface area (Å²) < 4.78 is 40.8. The molecule has 0 unspecified atom stereocenters. The molecule has 146 valence electrons. The minimum absolute atomic E-state index is 0.0285. The Kier molecular flexibility index (Phi) is 5.21. The van der Waals surface area contributed by atoms with Crippen molar-refractivity contribution in [3.05, 3.63) is 90.2 Å². The molecular formula is C21H15FN2O3S2. The molecular weight excluding hydrogens is 411 g/mol. The number of hydrogen-bond donors (Lipinski definition) is 0. The lowest BCUT2D eigenvalue weighted by Gasteiger charge is -2.10. The molecule has 0 atom stereocenters. The van der Waals surface area contributed by atoms with Crippen molar-refractivity contribution in [3.63, 3.8) is 0 Å². The van der Waals surface area contributed by atoms with Gasteiger partial charge < -0.3 is 0 Å². The largest absolute Gasteiger partial charge is 0.293 e. The van der Waals surface area contributed by atoms with Gasteiger partial charge in [-0.1, -0.05) is 42.1 Å². The quantitative estimate of drug-likeness (QED) is 0.338. The lowest BCUT2D eigenvalue weighted by molar-refractivity contribution is 0.102. The summed E-state index contributed by atoms with van der Waals surface area (Å²) in [5.41, 5.74) is 1.31. The van der Waals surface area contributed by atoms with Crippen LogP contribution < -0.4 is 0 Å². The van der Waals surface area contributed by atoms with E-state index in [4.69, 9.17) is 0 Å². The maximum atomic E-state index is 13.3. The highest BCUT2D eigenvalue weighted by atomic mass is 32.2. The van der Waals surface area contributed by atoms with Crippen LogP contribution in [0.25, 0.3) is 11.0 Å². The molecule has 3 aromatic carbocycles. The van der Waals surface area contributed by atoms with Crippen LogP contribution in [0.3, 0.4) is 0 Å². The molecule has 0 saturated heterocycles. The maximum absolute atomic E-state index is 13.3. The maximum Gasteiger partial charge on any atom is 0.270 e. The number of fused-ring (bicyclic) bond motifs is 1. The highest BCUT2D eigenvalue weighted by Crippen LogP contribution is 2.29. The molecule has 0 radical (unpaired) electrons. The second kappa shape index (κ2) is 7.81. The number of ketones is 1. The van der Waals surface area contributed by atoms with Crippen molar-refractivity contribution in [3.8, 4) is 0 Å². The Morgan fingerprint density at radius 2 is 1.59 bits per heavy atom. The fourth-order valence-corrected chi connectivity index (χ4v) is 5.48. The van der Waals surface area contributed by atoms with E-state index in [1.54, 1.807) is 42.5 Å². The summed E-state index contributed by atoms with van der Waals surface area (Å²) >= 11 is 1.03. The molecule has 0 aliphatic carbocycles. The summed E-state index contributed by atoms with van der Waals surface area (Å²) in [6.45, 7) is 0. The zero-order valence-electron chi connectivity index (χ0n) is 15.0. The summed E-state index contributed by atoms with van der Waals surface area (Å²) in [7, 11) is -3.90. The summed E-state index contributed by atoms with van der Waals surface area (Å²) in [5.74, 6) is -0.699. The van der Waals surface area contributed by atoms with Crippen LogP contribution in [0.1, 0.15) is 10.4 Å². The van der Waals surface area contributed by atoms with Crippen molar-refractivity contribution in [2.45, 2.75) is 10.1 Å². The Morgan fingerprint density at radius 1 is 0.931 bits per heavy atom. The van der Waals surface area contributed by atoms with Crippen LogP contribution in [0.2, 0.25) is 0 Å². The number of halogens is 1. The number of carbonyl (C=O) groups excluding carboxylic acids is 1. The molecule has 4 aromatic rings. The molecule has 5 nitrogen and oxygen atoms in total. The van der Waals surface area contributed by atoms with Gasteiger partial charge in [-0.3, -0.25) is 4.79 Å². The lowest BCUT2D eigenvalue weighted by atomic mass is 10.1. The van der Waals surface area contributed by atoms with Crippen LogP contribution in [0.5, 0.6) is 0 Å². The predicted molar refractivity (Wildman–Crippen MR) is 110 cm³/mol. The molecule has 0 saturated carbocycles. The lowest BCUT2D eigenvalue weighted by Crippen LogP contribution is -2.14. The zero-order valence-corrected chi connectivity index (χ0v) is 16.7. The summed E-state index contributed by atoms with van der Waals surface area (Å²) in [6, 6.07) is 20.2. The number of rotatable bonds is 6. The second-order valence-corrected chi connectivity index (χ2v) is 8.91.